The van der Waals surface area contributed by atoms with Crippen molar-refractivity contribution >= 4 is 23.2 Å². The van der Waals surface area contributed by atoms with Crippen LogP contribution in [0.3, 0.4) is 0 Å². The van der Waals surface area contributed by atoms with Gasteiger partial charge in [0.25, 0.3) is 5.56 Å². The van der Waals surface area contributed by atoms with E-state index in [1.54, 1.807) is 7.05 Å². The van der Waals surface area contributed by atoms with Crippen LogP contribution in [-0.4, -0.2) is 9.55 Å². The maximum absolute atomic E-state index is 11.2. The predicted molar refractivity (Wildman–Crippen MR) is 48.9 cm³/mol. The van der Waals surface area contributed by atoms with E-state index in [0.29, 0.717) is 17.3 Å². The molecule has 0 saturated heterocycles. The second kappa shape index (κ2) is 3.46. The maximum atomic E-state index is 11.2. The fourth-order valence-electron chi connectivity index (χ4n) is 0.981. The molecule has 0 radical (unpaired) electrons. The van der Waals surface area contributed by atoms with Gasteiger partial charge in [-0.1, -0.05) is 30.1 Å². The molecule has 0 bridgehead atoms. The van der Waals surface area contributed by atoms with Crippen molar-refractivity contribution in [3.8, 4) is 0 Å². The molecule has 0 aromatic carbocycles. The third-order valence-corrected chi connectivity index (χ3v) is 2.20. The molecule has 0 atom stereocenters. The Labute approximate surface area is 79.9 Å². The summed E-state index contributed by atoms with van der Waals surface area (Å²) in [5.74, 6) is 0. The average Bonchev–Trinajstić information content (AvgIpc) is 2.01. The van der Waals surface area contributed by atoms with E-state index in [-0.39, 0.29) is 10.7 Å². The summed E-state index contributed by atoms with van der Waals surface area (Å²) in [5, 5.41) is 0.212. The Morgan fingerprint density at radius 3 is 2.50 bits per heavy atom. The van der Waals surface area contributed by atoms with E-state index in [4.69, 9.17) is 23.2 Å². The zero-order valence-electron chi connectivity index (χ0n) is 6.77. The Hall–Kier alpha value is -0.540. The molecule has 0 aliphatic carbocycles. The monoisotopic (exact) mass is 206 g/mol. The molecule has 1 aromatic rings. The molecule has 0 aliphatic rings. The second-order valence-electron chi connectivity index (χ2n) is 2.36. The van der Waals surface area contributed by atoms with Crippen LogP contribution in [0, 0.1) is 0 Å². The number of rotatable bonds is 1. The summed E-state index contributed by atoms with van der Waals surface area (Å²) in [6.45, 7) is 1.90. The van der Waals surface area contributed by atoms with Crippen LogP contribution < -0.4 is 5.56 Å². The number of nitrogens with zero attached hydrogens (tertiary/aromatic N) is 2. The normalized spacial score (nSPS) is 10.3. The van der Waals surface area contributed by atoms with Gasteiger partial charge in [-0.05, 0) is 6.42 Å². The van der Waals surface area contributed by atoms with E-state index in [1.807, 2.05) is 6.92 Å². The van der Waals surface area contributed by atoms with Gasteiger partial charge in [0.05, 0.1) is 5.69 Å². The summed E-state index contributed by atoms with van der Waals surface area (Å²) in [6, 6.07) is 0. The topological polar surface area (TPSA) is 34.9 Å². The molecule has 1 rings (SSSR count). The first-order valence-corrected chi connectivity index (χ1v) is 4.24. The Balaban J connectivity index is 3.52. The van der Waals surface area contributed by atoms with Gasteiger partial charge >= 0.3 is 0 Å². The molecule has 3 nitrogen and oxygen atoms in total. The standard InChI is InChI=1S/C7H8Cl2N2O/c1-3-4-5(8)10-6(9)7(12)11(4)2/h3H2,1-2H3. The van der Waals surface area contributed by atoms with Crippen molar-refractivity contribution in [3.63, 3.8) is 0 Å². The van der Waals surface area contributed by atoms with Crippen LogP contribution in [0.4, 0.5) is 0 Å². The highest BCUT2D eigenvalue weighted by atomic mass is 35.5. The quantitative estimate of drug-likeness (QED) is 0.701. The molecule has 0 spiro atoms. The van der Waals surface area contributed by atoms with Crippen molar-refractivity contribution < 1.29 is 0 Å². The molecule has 0 unspecified atom stereocenters. The fraction of sp³-hybridized carbons (Fsp3) is 0.429. The fourth-order valence-corrected chi connectivity index (χ4v) is 1.58. The Bertz CT molecular complexity index is 359. The van der Waals surface area contributed by atoms with E-state index in [1.165, 1.54) is 4.57 Å². The summed E-state index contributed by atoms with van der Waals surface area (Å²) >= 11 is 11.3. The first kappa shape index (κ1) is 9.55. The number of aromatic nitrogens is 2. The van der Waals surface area contributed by atoms with Crippen molar-refractivity contribution in [2.24, 2.45) is 7.05 Å². The van der Waals surface area contributed by atoms with Crippen LogP contribution >= 0.6 is 23.2 Å². The summed E-state index contributed by atoms with van der Waals surface area (Å²) in [4.78, 5) is 14.9. The Morgan fingerprint density at radius 2 is 2.00 bits per heavy atom. The zero-order chi connectivity index (χ0) is 9.30. The summed E-state index contributed by atoms with van der Waals surface area (Å²) in [7, 11) is 1.63. The number of halogens is 2. The summed E-state index contributed by atoms with van der Waals surface area (Å²) in [6.07, 6.45) is 0.661. The van der Waals surface area contributed by atoms with Crippen LogP contribution in [0.2, 0.25) is 10.3 Å². The minimum atomic E-state index is -0.307. The van der Waals surface area contributed by atoms with Crippen LogP contribution in [0.25, 0.3) is 0 Å². The van der Waals surface area contributed by atoms with E-state index in [2.05, 4.69) is 4.98 Å². The Kier molecular flexibility index (Phi) is 2.75. The molecule has 1 heterocycles. The first-order valence-electron chi connectivity index (χ1n) is 3.48. The molecule has 66 valence electrons. The van der Waals surface area contributed by atoms with E-state index < -0.39 is 0 Å². The van der Waals surface area contributed by atoms with Gasteiger partial charge in [-0.3, -0.25) is 4.79 Å². The lowest BCUT2D eigenvalue weighted by molar-refractivity contribution is 0.766. The minimum absolute atomic E-state index is 0.0836. The lowest BCUT2D eigenvalue weighted by Gasteiger charge is -2.06. The van der Waals surface area contributed by atoms with Gasteiger partial charge in [0.15, 0.2) is 10.3 Å². The van der Waals surface area contributed by atoms with E-state index in [9.17, 15) is 4.79 Å². The number of hydrogen-bond donors (Lipinski definition) is 0. The highest BCUT2D eigenvalue weighted by Gasteiger charge is 2.08. The van der Waals surface area contributed by atoms with Crippen molar-refractivity contribution in [1.29, 1.82) is 0 Å². The lowest BCUT2D eigenvalue weighted by Crippen LogP contribution is -2.22. The van der Waals surface area contributed by atoms with Crippen molar-refractivity contribution in [2.75, 3.05) is 0 Å². The van der Waals surface area contributed by atoms with Gasteiger partial charge in [0.1, 0.15) is 0 Å². The largest absolute Gasteiger partial charge is 0.310 e. The molecule has 5 heteroatoms. The van der Waals surface area contributed by atoms with Gasteiger partial charge in [0.2, 0.25) is 0 Å². The summed E-state index contributed by atoms with van der Waals surface area (Å²) < 4.78 is 1.41. The molecule has 0 fully saturated rings. The second-order valence-corrected chi connectivity index (χ2v) is 3.07. The predicted octanol–water partition coefficient (Wildman–Crippen LogP) is 1.65. The molecule has 0 aliphatic heterocycles. The molecule has 0 saturated carbocycles. The number of hydrogen-bond acceptors (Lipinski definition) is 2. The van der Waals surface area contributed by atoms with Gasteiger partial charge in [-0.25, -0.2) is 4.98 Å². The van der Waals surface area contributed by atoms with Gasteiger partial charge in [0, 0.05) is 7.05 Å². The Morgan fingerprint density at radius 1 is 1.42 bits per heavy atom. The SMILES string of the molecule is CCc1c(Cl)nc(Cl)c(=O)n1C. The average molecular weight is 207 g/mol. The van der Waals surface area contributed by atoms with Crippen LogP contribution in [0.15, 0.2) is 4.79 Å². The van der Waals surface area contributed by atoms with Crippen molar-refractivity contribution in [2.45, 2.75) is 13.3 Å². The van der Waals surface area contributed by atoms with Crippen molar-refractivity contribution in [1.82, 2.24) is 9.55 Å². The third-order valence-electron chi connectivity index (χ3n) is 1.66. The van der Waals surface area contributed by atoms with Gasteiger partial charge in [-0.15, -0.1) is 0 Å². The highest BCUT2D eigenvalue weighted by molar-refractivity contribution is 6.32. The zero-order valence-corrected chi connectivity index (χ0v) is 8.28. The minimum Gasteiger partial charge on any atom is -0.310 e. The van der Waals surface area contributed by atoms with Crippen LogP contribution in [0.1, 0.15) is 12.6 Å². The van der Waals surface area contributed by atoms with Crippen LogP contribution in [-0.2, 0) is 13.5 Å². The van der Waals surface area contributed by atoms with Crippen molar-refractivity contribution in [3.05, 3.63) is 26.4 Å². The van der Waals surface area contributed by atoms with Gasteiger partial charge in [-0.2, -0.15) is 0 Å². The smallest absolute Gasteiger partial charge is 0.288 e. The molecule has 0 amide bonds. The molecule has 12 heavy (non-hydrogen) atoms. The first-order chi connectivity index (χ1) is 5.57. The molecular weight excluding hydrogens is 199 g/mol. The molecule has 1 aromatic heterocycles. The van der Waals surface area contributed by atoms with Crippen LogP contribution in [0.5, 0.6) is 0 Å². The molecule has 0 N–H and O–H groups in total. The molecular formula is C7H8Cl2N2O. The van der Waals surface area contributed by atoms with E-state index in [0.717, 1.165) is 0 Å². The van der Waals surface area contributed by atoms with Gasteiger partial charge < -0.3 is 4.57 Å². The highest BCUT2D eigenvalue weighted by Crippen LogP contribution is 2.12. The lowest BCUT2D eigenvalue weighted by atomic mass is 10.3. The maximum Gasteiger partial charge on any atom is 0.288 e. The summed E-state index contributed by atoms with van der Waals surface area (Å²) in [5.41, 5.74) is 0.393. The van der Waals surface area contributed by atoms with E-state index >= 15 is 0 Å². The third kappa shape index (κ3) is 1.47.